The summed E-state index contributed by atoms with van der Waals surface area (Å²) >= 11 is 0. The van der Waals surface area contributed by atoms with Crippen LogP contribution in [0.1, 0.15) is 44.1 Å². The number of carbonyl (C=O) groups excluding carboxylic acids is 2. The summed E-state index contributed by atoms with van der Waals surface area (Å²) in [6.45, 7) is 2.38. The molecule has 8 heteroatoms. The van der Waals surface area contributed by atoms with E-state index in [4.69, 9.17) is 4.74 Å². The molecule has 1 aromatic rings. The average molecular weight is 421 g/mol. The lowest BCUT2D eigenvalue weighted by molar-refractivity contribution is -0.147. The number of piperidine rings is 1. The van der Waals surface area contributed by atoms with E-state index in [1.165, 1.54) is 10.4 Å². The number of benzene rings is 1. The zero-order valence-electron chi connectivity index (χ0n) is 16.7. The van der Waals surface area contributed by atoms with Crippen molar-refractivity contribution >= 4 is 27.6 Å². The monoisotopic (exact) mass is 420 g/mol. The highest BCUT2D eigenvalue weighted by molar-refractivity contribution is 7.89. The lowest BCUT2D eigenvalue weighted by Gasteiger charge is -2.26. The molecule has 29 heavy (non-hydrogen) atoms. The molecule has 0 saturated carbocycles. The van der Waals surface area contributed by atoms with Gasteiger partial charge in [0.1, 0.15) is 0 Å². The van der Waals surface area contributed by atoms with Gasteiger partial charge in [-0.15, -0.1) is 0 Å². The van der Waals surface area contributed by atoms with Gasteiger partial charge in [0.25, 0.3) is 5.91 Å². The summed E-state index contributed by atoms with van der Waals surface area (Å²) in [5, 5.41) is 2.62. The van der Waals surface area contributed by atoms with Crippen molar-refractivity contribution in [1.82, 2.24) is 4.31 Å². The first-order valence-corrected chi connectivity index (χ1v) is 11.5. The molecule has 1 heterocycles. The maximum atomic E-state index is 13.0. The van der Waals surface area contributed by atoms with Crippen LogP contribution in [0.3, 0.4) is 0 Å². The van der Waals surface area contributed by atoms with Crippen LogP contribution in [0, 0.1) is 12.8 Å². The molecule has 2 aliphatic rings. The lowest BCUT2D eigenvalue weighted by atomic mass is 10.1. The fourth-order valence-electron chi connectivity index (χ4n) is 3.68. The first-order chi connectivity index (χ1) is 13.9. The molecule has 0 spiro atoms. The Morgan fingerprint density at radius 1 is 1.21 bits per heavy atom. The maximum absolute atomic E-state index is 13.0. The van der Waals surface area contributed by atoms with Crippen LogP contribution in [0.2, 0.25) is 0 Å². The minimum Gasteiger partial charge on any atom is -0.456 e. The van der Waals surface area contributed by atoms with Gasteiger partial charge in [-0.3, -0.25) is 9.59 Å². The Kier molecular flexibility index (Phi) is 7.08. The number of allylic oxidation sites excluding steroid dienone is 2. The standard InChI is InChI=1S/C21H28N2O5S/c1-16-9-10-18(14-19(16)29(26,27)23-11-5-2-6-12-23)22-20(24)15-28-21(25)13-17-7-3-4-8-17/h3,7,9-10,14,17H,2,4-6,8,11-13,15H2,1H3,(H,22,24)/t17-/m1/s1. The van der Waals surface area contributed by atoms with E-state index in [1.54, 1.807) is 19.1 Å². The molecule has 1 aliphatic carbocycles. The Balaban J connectivity index is 1.59. The summed E-state index contributed by atoms with van der Waals surface area (Å²) in [4.78, 5) is 24.2. The van der Waals surface area contributed by atoms with Crippen LogP contribution in [0.25, 0.3) is 0 Å². The third-order valence-electron chi connectivity index (χ3n) is 5.31. The molecule has 1 N–H and O–H groups in total. The molecule has 1 fully saturated rings. The molecular formula is C21H28N2O5S. The molecular weight excluding hydrogens is 392 g/mol. The largest absolute Gasteiger partial charge is 0.456 e. The van der Waals surface area contributed by atoms with Crippen LogP contribution in [-0.2, 0) is 24.3 Å². The van der Waals surface area contributed by atoms with E-state index in [-0.39, 0.29) is 17.2 Å². The van der Waals surface area contributed by atoms with Crippen molar-refractivity contribution in [3.8, 4) is 0 Å². The van der Waals surface area contributed by atoms with Crippen LogP contribution >= 0.6 is 0 Å². The summed E-state index contributed by atoms with van der Waals surface area (Å²) in [7, 11) is -3.60. The molecule has 158 valence electrons. The number of sulfonamides is 1. The second-order valence-electron chi connectivity index (χ2n) is 7.62. The summed E-state index contributed by atoms with van der Waals surface area (Å²) < 4.78 is 32.5. The van der Waals surface area contributed by atoms with Gasteiger partial charge >= 0.3 is 5.97 Å². The lowest BCUT2D eigenvalue weighted by Crippen LogP contribution is -2.36. The van der Waals surface area contributed by atoms with Gasteiger partial charge in [0.05, 0.1) is 11.3 Å². The van der Waals surface area contributed by atoms with Crippen LogP contribution < -0.4 is 5.32 Å². The topological polar surface area (TPSA) is 92.8 Å². The van der Waals surface area contributed by atoms with Gasteiger partial charge in [-0.2, -0.15) is 4.31 Å². The Morgan fingerprint density at radius 3 is 2.66 bits per heavy atom. The molecule has 0 unspecified atom stereocenters. The SMILES string of the molecule is Cc1ccc(NC(=O)COC(=O)C[C@@H]2C=CCC2)cc1S(=O)(=O)N1CCCCC1. The number of ether oxygens (including phenoxy) is 1. The van der Waals surface area contributed by atoms with E-state index in [9.17, 15) is 18.0 Å². The molecule has 1 saturated heterocycles. The summed E-state index contributed by atoms with van der Waals surface area (Å²) in [5.74, 6) is -0.718. The summed E-state index contributed by atoms with van der Waals surface area (Å²) in [5.41, 5.74) is 0.996. The Morgan fingerprint density at radius 2 is 1.97 bits per heavy atom. The van der Waals surface area contributed by atoms with Crippen LogP contribution in [-0.4, -0.2) is 44.3 Å². The van der Waals surface area contributed by atoms with Crippen molar-refractivity contribution in [2.75, 3.05) is 25.0 Å². The van der Waals surface area contributed by atoms with Crippen molar-refractivity contribution in [2.24, 2.45) is 5.92 Å². The fraction of sp³-hybridized carbons (Fsp3) is 0.524. The van der Waals surface area contributed by atoms with Gasteiger partial charge in [-0.25, -0.2) is 8.42 Å². The molecule has 0 radical (unpaired) electrons. The summed E-state index contributed by atoms with van der Waals surface area (Å²) in [6, 6.07) is 4.79. The van der Waals surface area contributed by atoms with E-state index < -0.39 is 28.5 Å². The van der Waals surface area contributed by atoms with Crippen LogP contribution in [0.4, 0.5) is 5.69 Å². The number of amides is 1. The van der Waals surface area contributed by atoms with Gasteiger partial charge in [0.2, 0.25) is 10.0 Å². The van der Waals surface area contributed by atoms with Crippen molar-refractivity contribution in [2.45, 2.75) is 50.3 Å². The zero-order chi connectivity index (χ0) is 20.9. The number of hydrogen-bond acceptors (Lipinski definition) is 5. The Hall–Kier alpha value is -2.19. The number of nitrogens with zero attached hydrogens (tertiary/aromatic N) is 1. The van der Waals surface area contributed by atoms with Crippen LogP contribution in [0.15, 0.2) is 35.2 Å². The average Bonchev–Trinajstić information content (AvgIpc) is 3.21. The highest BCUT2D eigenvalue weighted by atomic mass is 32.2. The number of esters is 1. The molecule has 7 nitrogen and oxygen atoms in total. The maximum Gasteiger partial charge on any atom is 0.306 e. The summed E-state index contributed by atoms with van der Waals surface area (Å²) in [6.07, 6.45) is 8.96. The van der Waals surface area contributed by atoms with Gasteiger partial charge in [0, 0.05) is 18.8 Å². The van der Waals surface area contributed by atoms with Gasteiger partial charge in [-0.1, -0.05) is 24.6 Å². The van der Waals surface area contributed by atoms with Gasteiger partial charge in [-0.05, 0) is 56.2 Å². The first-order valence-electron chi connectivity index (χ1n) is 10.1. The molecule has 0 aromatic heterocycles. The predicted octanol–water partition coefficient (Wildman–Crippen LogP) is 3.01. The quantitative estimate of drug-likeness (QED) is 0.541. The third kappa shape index (κ3) is 5.67. The minimum absolute atomic E-state index is 0.185. The second kappa shape index (κ2) is 9.54. The number of anilines is 1. The number of aryl methyl sites for hydroxylation is 1. The minimum atomic E-state index is -3.60. The highest BCUT2D eigenvalue weighted by Crippen LogP contribution is 2.26. The number of nitrogens with one attached hydrogen (secondary N) is 1. The molecule has 1 aromatic carbocycles. The van der Waals surface area contributed by atoms with Gasteiger partial charge in [0.15, 0.2) is 6.61 Å². The van der Waals surface area contributed by atoms with E-state index in [1.807, 2.05) is 12.2 Å². The van der Waals surface area contributed by atoms with Crippen LogP contribution in [0.5, 0.6) is 0 Å². The third-order valence-corrected chi connectivity index (χ3v) is 7.35. The highest BCUT2D eigenvalue weighted by Gasteiger charge is 2.27. The van der Waals surface area contributed by atoms with E-state index in [0.29, 0.717) is 24.3 Å². The number of rotatable bonds is 7. The van der Waals surface area contributed by atoms with Crippen molar-refractivity contribution in [1.29, 1.82) is 0 Å². The van der Waals surface area contributed by atoms with Crippen molar-refractivity contribution < 1.29 is 22.7 Å². The molecule has 0 bridgehead atoms. The molecule has 1 atom stereocenters. The predicted molar refractivity (Wildman–Crippen MR) is 110 cm³/mol. The molecule has 1 aliphatic heterocycles. The fourth-order valence-corrected chi connectivity index (χ4v) is 5.45. The van der Waals surface area contributed by atoms with E-state index in [2.05, 4.69) is 5.32 Å². The molecule has 1 amide bonds. The Labute approximate surface area is 172 Å². The first kappa shape index (κ1) is 21.5. The molecule has 3 rings (SSSR count). The van der Waals surface area contributed by atoms with E-state index in [0.717, 1.165) is 32.1 Å². The Bertz CT molecular complexity index is 888. The smallest absolute Gasteiger partial charge is 0.306 e. The second-order valence-corrected chi connectivity index (χ2v) is 9.53. The van der Waals surface area contributed by atoms with Crippen molar-refractivity contribution in [3.63, 3.8) is 0 Å². The van der Waals surface area contributed by atoms with Gasteiger partial charge < -0.3 is 10.1 Å². The number of carbonyl (C=O) groups is 2. The van der Waals surface area contributed by atoms with E-state index >= 15 is 0 Å². The van der Waals surface area contributed by atoms with Crippen molar-refractivity contribution in [3.05, 3.63) is 35.9 Å². The normalized spacial score (nSPS) is 19.8. The number of hydrogen-bond donors (Lipinski definition) is 1. The zero-order valence-corrected chi connectivity index (χ0v) is 17.5.